The van der Waals surface area contributed by atoms with Crippen LogP contribution in [0, 0.1) is 0 Å². The predicted octanol–water partition coefficient (Wildman–Crippen LogP) is 1.60. The first-order valence-electron chi connectivity index (χ1n) is 4.51. The molecule has 1 aromatic rings. The van der Waals surface area contributed by atoms with Crippen LogP contribution in [0.4, 0.5) is 0 Å². The second-order valence-corrected chi connectivity index (χ2v) is 5.12. The summed E-state index contributed by atoms with van der Waals surface area (Å²) in [5.74, 6) is 0.0365. The summed E-state index contributed by atoms with van der Waals surface area (Å²) < 4.78 is 0.970. The molecular weight excluding hydrogens is 264 g/mol. The Kier molecular flexibility index (Phi) is 3.20. The lowest BCUT2D eigenvalue weighted by molar-refractivity contribution is 0.0944. The van der Waals surface area contributed by atoms with Gasteiger partial charge < -0.3 is 10.6 Å². The van der Waals surface area contributed by atoms with Crippen molar-refractivity contribution in [2.45, 2.75) is 12.5 Å². The SMILES string of the molecule is O=C(NC1CCNC1)c1cc(Br)cs1. The third-order valence-corrected chi connectivity index (χ3v) is 3.88. The maximum absolute atomic E-state index is 11.7. The number of hydrogen-bond donors (Lipinski definition) is 2. The fourth-order valence-corrected chi connectivity index (χ4v) is 2.80. The molecule has 14 heavy (non-hydrogen) atoms. The maximum atomic E-state index is 11.7. The molecule has 1 fully saturated rings. The molecule has 5 heteroatoms. The normalized spacial score (nSPS) is 21.1. The standard InChI is InChI=1S/C9H11BrN2OS/c10-6-3-8(14-5-6)9(13)12-7-1-2-11-4-7/h3,5,7,11H,1-2,4H2,(H,12,13). The van der Waals surface area contributed by atoms with E-state index >= 15 is 0 Å². The highest BCUT2D eigenvalue weighted by atomic mass is 79.9. The molecule has 1 saturated heterocycles. The minimum absolute atomic E-state index is 0.0365. The molecule has 1 atom stereocenters. The molecule has 0 aromatic carbocycles. The second kappa shape index (κ2) is 4.42. The van der Waals surface area contributed by atoms with Gasteiger partial charge in [-0.25, -0.2) is 0 Å². The van der Waals surface area contributed by atoms with Crippen LogP contribution in [0.3, 0.4) is 0 Å². The summed E-state index contributed by atoms with van der Waals surface area (Å²) in [5, 5.41) is 8.13. The van der Waals surface area contributed by atoms with E-state index in [1.807, 2.05) is 11.4 Å². The minimum Gasteiger partial charge on any atom is -0.347 e. The van der Waals surface area contributed by atoms with Gasteiger partial charge in [0.2, 0.25) is 0 Å². The zero-order chi connectivity index (χ0) is 9.97. The second-order valence-electron chi connectivity index (χ2n) is 3.29. The van der Waals surface area contributed by atoms with Crippen molar-refractivity contribution in [1.82, 2.24) is 10.6 Å². The molecule has 0 radical (unpaired) electrons. The molecule has 3 nitrogen and oxygen atoms in total. The van der Waals surface area contributed by atoms with Crippen LogP contribution in [-0.2, 0) is 0 Å². The molecule has 76 valence electrons. The molecule has 1 aliphatic rings. The van der Waals surface area contributed by atoms with Gasteiger partial charge in [-0.05, 0) is 35.0 Å². The first kappa shape index (κ1) is 10.1. The third-order valence-electron chi connectivity index (χ3n) is 2.19. The van der Waals surface area contributed by atoms with Gasteiger partial charge in [0.15, 0.2) is 0 Å². The summed E-state index contributed by atoms with van der Waals surface area (Å²) in [6.07, 6.45) is 1.03. The first-order valence-corrected chi connectivity index (χ1v) is 6.18. The number of rotatable bonds is 2. The van der Waals surface area contributed by atoms with Crippen molar-refractivity contribution >= 4 is 33.2 Å². The predicted molar refractivity (Wildman–Crippen MR) is 60.8 cm³/mol. The molecule has 0 saturated carbocycles. The molecule has 2 N–H and O–H groups in total. The van der Waals surface area contributed by atoms with Gasteiger partial charge in [0.05, 0.1) is 4.88 Å². The van der Waals surface area contributed by atoms with E-state index in [1.54, 1.807) is 0 Å². The highest BCUT2D eigenvalue weighted by molar-refractivity contribution is 9.10. The zero-order valence-corrected chi connectivity index (χ0v) is 9.95. The van der Waals surface area contributed by atoms with Crippen LogP contribution < -0.4 is 10.6 Å². The first-order chi connectivity index (χ1) is 6.75. The lowest BCUT2D eigenvalue weighted by Crippen LogP contribution is -2.35. The number of carbonyl (C=O) groups excluding carboxylic acids is 1. The number of hydrogen-bond acceptors (Lipinski definition) is 3. The van der Waals surface area contributed by atoms with Crippen LogP contribution in [0.2, 0.25) is 0 Å². The summed E-state index contributed by atoms with van der Waals surface area (Å²) in [6.45, 7) is 1.89. The lowest BCUT2D eigenvalue weighted by atomic mass is 10.2. The van der Waals surface area contributed by atoms with Crippen LogP contribution in [-0.4, -0.2) is 25.0 Å². The highest BCUT2D eigenvalue weighted by Gasteiger charge is 2.18. The van der Waals surface area contributed by atoms with Crippen LogP contribution in [0.25, 0.3) is 0 Å². The van der Waals surface area contributed by atoms with Crippen molar-refractivity contribution in [1.29, 1.82) is 0 Å². The van der Waals surface area contributed by atoms with E-state index in [-0.39, 0.29) is 5.91 Å². The summed E-state index contributed by atoms with van der Waals surface area (Å²) in [5.41, 5.74) is 0. The maximum Gasteiger partial charge on any atom is 0.261 e. The molecule has 1 unspecified atom stereocenters. The molecule has 1 amide bonds. The van der Waals surface area contributed by atoms with Crippen LogP contribution in [0.5, 0.6) is 0 Å². The molecule has 1 aromatic heterocycles. The van der Waals surface area contributed by atoms with Gasteiger partial charge in [0.25, 0.3) is 5.91 Å². The average Bonchev–Trinajstić information content (AvgIpc) is 2.75. The Hall–Kier alpha value is -0.390. The summed E-state index contributed by atoms with van der Waals surface area (Å²) >= 11 is 4.79. The summed E-state index contributed by atoms with van der Waals surface area (Å²) in [4.78, 5) is 12.4. The molecule has 0 bridgehead atoms. The fraction of sp³-hybridized carbons (Fsp3) is 0.444. The van der Waals surface area contributed by atoms with Gasteiger partial charge in [0, 0.05) is 22.4 Å². The number of thiophene rings is 1. The van der Waals surface area contributed by atoms with Gasteiger partial charge in [0.1, 0.15) is 0 Å². The number of amides is 1. The lowest BCUT2D eigenvalue weighted by Gasteiger charge is -2.09. The van der Waals surface area contributed by atoms with E-state index in [1.165, 1.54) is 11.3 Å². The fourth-order valence-electron chi connectivity index (χ4n) is 1.47. The molecule has 0 spiro atoms. The van der Waals surface area contributed by atoms with Gasteiger partial charge >= 0.3 is 0 Å². The van der Waals surface area contributed by atoms with Crippen molar-refractivity contribution in [3.8, 4) is 0 Å². The Balaban J connectivity index is 1.95. The number of carbonyl (C=O) groups is 1. The van der Waals surface area contributed by atoms with Crippen LogP contribution in [0.15, 0.2) is 15.9 Å². The smallest absolute Gasteiger partial charge is 0.261 e. The van der Waals surface area contributed by atoms with Crippen molar-refractivity contribution < 1.29 is 4.79 Å². The highest BCUT2D eigenvalue weighted by Crippen LogP contribution is 2.19. The van der Waals surface area contributed by atoms with E-state index in [2.05, 4.69) is 26.6 Å². The van der Waals surface area contributed by atoms with Crippen LogP contribution in [0.1, 0.15) is 16.1 Å². The van der Waals surface area contributed by atoms with Gasteiger partial charge in [-0.2, -0.15) is 0 Å². The van der Waals surface area contributed by atoms with Gasteiger partial charge in [-0.1, -0.05) is 0 Å². The Bertz CT molecular complexity index is 333. The van der Waals surface area contributed by atoms with Crippen molar-refractivity contribution in [2.75, 3.05) is 13.1 Å². The molecular formula is C9H11BrN2OS. The Morgan fingerprint density at radius 1 is 1.71 bits per heavy atom. The molecule has 2 heterocycles. The summed E-state index contributed by atoms with van der Waals surface area (Å²) in [7, 11) is 0. The summed E-state index contributed by atoms with van der Waals surface area (Å²) in [6, 6.07) is 2.14. The quantitative estimate of drug-likeness (QED) is 0.860. The van der Waals surface area contributed by atoms with Gasteiger partial charge in [-0.3, -0.25) is 4.79 Å². The Morgan fingerprint density at radius 2 is 2.57 bits per heavy atom. The Morgan fingerprint density at radius 3 is 3.14 bits per heavy atom. The third kappa shape index (κ3) is 2.34. The van der Waals surface area contributed by atoms with Crippen molar-refractivity contribution in [3.05, 3.63) is 20.8 Å². The van der Waals surface area contributed by atoms with E-state index in [0.29, 0.717) is 6.04 Å². The monoisotopic (exact) mass is 274 g/mol. The van der Waals surface area contributed by atoms with Gasteiger partial charge in [-0.15, -0.1) is 11.3 Å². The average molecular weight is 275 g/mol. The number of nitrogens with one attached hydrogen (secondary N) is 2. The minimum atomic E-state index is 0.0365. The molecule has 2 rings (SSSR count). The molecule has 0 aliphatic carbocycles. The van der Waals surface area contributed by atoms with Crippen LogP contribution >= 0.6 is 27.3 Å². The molecule has 1 aliphatic heterocycles. The Labute approximate surface area is 95.0 Å². The number of halogens is 1. The topological polar surface area (TPSA) is 41.1 Å². The van der Waals surface area contributed by atoms with Crippen molar-refractivity contribution in [3.63, 3.8) is 0 Å². The van der Waals surface area contributed by atoms with E-state index < -0.39 is 0 Å². The van der Waals surface area contributed by atoms with Crippen molar-refractivity contribution in [2.24, 2.45) is 0 Å². The van der Waals surface area contributed by atoms with E-state index in [0.717, 1.165) is 28.9 Å². The zero-order valence-electron chi connectivity index (χ0n) is 7.55. The van der Waals surface area contributed by atoms with E-state index in [4.69, 9.17) is 0 Å². The van der Waals surface area contributed by atoms with E-state index in [9.17, 15) is 4.79 Å². The largest absolute Gasteiger partial charge is 0.347 e.